The minimum Gasteiger partial charge on any atom is -0.342 e. The molecule has 0 unspecified atom stereocenters. The first-order chi connectivity index (χ1) is 12.7. The van der Waals surface area contributed by atoms with Crippen molar-refractivity contribution in [3.63, 3.8) is 0 Å². The van der Waals surface area contributed by atoms with E-state index in [2.05, 4.69) is 30.3 Å². The Morgan fingerprint density at radius 1 is 1.31 bits per heavy atom. The molecule has 3 N–H and O–H groups in total. The van der Waals surface area contributed by atoms with Gasteiger partial charge in [0.05, 0.1) is 16.2 Å². The maximum atomic E-state index is 13.3. The summed E-state index contributed by atoms with van der Waals surface area (Å²) < 4.78 is 13.3. The lowest BCUT2D eigenvalue weighted by atomic mass is 10.2. The van der Waals surface area contributed by atoms with Crippen LogP contribution in [0.3, 0.4) is 0 Å². The van der Waals surface area contributed by atoms with Crippen LogP contribution in [0.25, 0.3) is 11.2 Å². The lowest BCUT2D eigenvalue weighted by molar-refractivity contribution is 0.235. The van der Waals surface area contributed by atoms with Gasteiger partial charge in [0.2, 0.25) is 5.95 Å². The molecule has 1 fully saturated rings. The number of nitrogens with one attached hydrogen (secondary N) is 2. The second kappa shape index (κ2) is 6.89. The predicted molar refractivity (Wildman–Crippen MR) is 97.9 cm³/mol. The molecule has 1 aliphatic rings. The van der Waals surface area contributed by atoms with Gasteiger partial charge in [0.15, 0.2) is 11.5 Å². The standard InChI is InChI=1S/C17H16ClFN6O/c18-12-9-10(3-4-13(12)19)21-15(24-26)11-5-6-20-16-14(11)22-17(23-16)25-7-1-2-8-25/h3-6,9,26H,1-2,7-8H2,(H,21,24)(H,20,22,23). The Morgan fingerprint density at radius 2 is 2.12 bits per heavy atom. The molecule has 0 spiro atoms. The van der Waals surface area contributed by atoms with Crippen LogP contribution in [0.15, 0.2) is 35.5 Å². The first-order valence-electron chi connectivity index (χ1n) is 8.19. The Bertz CT molecular complexity index is 983. The average molecular weight is 375 g/mol. The van der Waals surface area contributed by atoms with E-state index < -0.39 is 5.82 Å². The van der Waals surface area contributed by atoms with Crippen molar-refractivity contribution in [2.45, 2.75) is 12.8 Å². The van der Waals surface area contributed by atoms with Crippen LogP contribution in [0.5, 0.6) is 0 Å². The van der Waals surface area contributed by atoms with Gasteiger partial charge in [-0.05, 0) is 37.1 Å². The number of hydroxylamine groups is 1. The summed E-state index contributed by atoms with van der Waals surface area (Å²) in [7, 11) is 0. The molecule has 3 heterocycles. The molecule has 1 aliphatic heterocycles. The summed E-state index contributed by atoms with van der Waals surface area (Å²) in [4.78, 5) is 18.6. The number of imidazole rings is 1. The predicted octanol–water partition coefficient (Wildman–Crippen LogP) is 3.41. The van der Waals surface area contributed by atoms with E-state index in [1.165, 1.54) is 18.2 Å². The lowest BCUT2D eigenvalue weighted by Crippen LogP contribution is -2.21. The molecule has 9 heteroatoms. The molecule has 0 amide bonds. The lowest BCUT2D eigenvalue weighted by Gasteiger charge is -2.12. The zero-order valence-corrected chi connectivity index (χ0v) is 14.5. The van der Waals surface area contributed by atoms with E-state index in [1.54, 1.807) is 12.3 Å². The minimum atomic E-state index is -0.528. The molecule has 2 aromatic heterocycles. The largest absolute Gasteiger partial charge is 0.342 e. The number of benzene rings is 1. The number of hydrogen-bond acceptors (Lipinski definition) is 5. The van der Waals surface area contributed by atoms with Gasteiger partial charge in [0.25, 0.3) is 0 Å². The van der Waals surface area contributed by atoms with Gasteiger partial charge < -0.3 is 9.88 Å². The van der Waals surface area contributed by atoms with Gasteiger partial charge in [-0.25, -0.2) is 14.4 Å². The summed E-state index contributed by atoms with van der Waals surface area (Å²) in [6.45, 7) is 1.89. The van der Waals surface area contributed by atoms with Gasteiger partial charge in [-0.2, -0.15) is 4.98 Å². The molecule has 0 aliphatic carbocycles. The number of halogens is 2. The molecule has 0 radical (unpaired) electrons. The molecular weight excluding hydrogens is 359 g/mol. The minimum absolute atomic E-state index is 0.0405. The van der Waals surface area contributed by atoms with Gasteiger partial charge in [0.1, 0.15) is 5.82 Å². The third-order valence-corrected chi connectivity index (χ3v) is 4.58. The third kappa shape index (κ3) is 3.09. The fourth-order valence-electron chi connectivity index (χ4n) is 3.00. The summed E-state index contributed by atoms with van der Waals surface area (Å²) in [6.07, 6.45) is 3.86. The molecule has 7 nitrogen and oxygen atoms in total. The van der Waals surface area contributed by atoms with Crippen LogP contribution in [-0.4, -0.2) is 39.1 Å². The molecule has 26 heavy (non-hydrogen) atoms. The highest BCUT2D eigenvalue weighted by molar-refractivity contribution is 6.31. The molecule has 1 saturated heterocycles. The summed E-state index contributed by atoms with van der Waals surface area (Å²) in [5, 5.41) is 9.55. The Labute approximate surface area is 153 Å². The second-order valence-corrected chi connectivity index (χ2v) is 6.39. The van der Waals surface area contributed by atoms with Crippen LogP contribution < -0.4 is 10.4 Å². The number of H-pyrrole nitrogens is 1. The highest BCUT2D eigenvalue weighted by Crippen LogP contribution is 2.25. The maximum absolute atomic E-state index is 13.3. The Kier molecular flexibility index (Phi) is 4.44. The van der Waals surface area contributed by atoms with Crippen LogP contribution >= 0.6 is 11.6 Å². The van der Waals surface area contributed by atoms with Crippen molar-refractivity contribution in [2.75, 3.05) is 18.0 Å². The monoisotopic (exact) mass is 374 g/mol. The van der Waals surface area contributed by atoms with Crippen molar-refractivity contribution >= 4 is 40.2 Å². The fraction of sp³-hybridized carbons (Fsp3) is 0.235. The topological polar surface area (TPSA) is 89.4 Å². The smallest absolute Gasteiger partial charge is 0.205 e. The molecule has 1 aromatic carbocycles. The van der Waals surface area contributed by atoms with Gasteiger partial charge >= 0.3 is 0 Å². The van der Waals surface area contributed by atoms with Gasteiger partial charge in [0, 0.05) is 24.8 Å². The number of hydrogen-bond donors (Lipinski definition) is 3. The van der Waals surface area contributed by atoms with Gasteiger partial charge in [-0.3, -0.25) is 10.7 Å². The van der Waals surface area contributed by atoms with E-state index in [-0.39, 0.29) is 10.9 Å². The normalized spacial score (nSPS) is 15.0. The number of nitrogens with zero attached hydrogens (tertiary/aromatic N) is 4. The van der Waals surface area contributed by atoms with Crippen molar-refractivity contribution in [3.8, 4) is 0 Å². The highest BCUT2D eigenvalue weighted by Gasteiger charge is 2.19. The van der Waals surface area contributed by atoms with Crippen molar-refractivity contribution in [1.29, 1.82) is 0 Å². The van der Waals surface area contributed by atoms with E-state index >= 15 is 0 Å². The van der Waals surface area contributed by atoms with E-state index in [0.717, 1.165) is 31.9 Å². The molecule has 0 bridgehead atoms. The van der Waals surface area contributed by atoms with E-state index in [4.69, 9.17) is 11.6 Å². The number of aliphatic imine (C=N–C) groups is 1. The number of rotatable bonds is 3. The SMILES string of the molecule is ONC(=Nc1ccc(F)c(Cl)c1)c1ccnc2nc(N3CCCC3)[nH]c12. The maximum Gasteiger partial charge on any atom is 0.205 e. The number of aromatic amines is 1. The molecule has 4 rings (SSSR count). The number of pyridine rings is 1. The van der Waals surface area contributed by atoms with E-state index in [9.17, 15) is 9.60 Å². The number of anilines is 1. The molecule has 134 valence electrons. The zero-order valence-electron chi connectivity index (χ0n) is 13.7. The average Bonchev–Trinajstić information content (AvgIpc) is 3.31. The molecular formula is C17H16ClFN6O. The quantitative estimate of drug-likeness (QED) is 0.371. The summed E-state index contributed by atoms with van der Waals surface area (Å²) >= 11 is 5.80. The molecule has 3 aromatic rings. The Hall–Kier alpha value is -2.71. The van der Waals surface area contributed by atoms with Crippen molar-refractivity contribution in [3.05, 3.63) is 46.9 Å². The van der Waals surface area contributed by atoms with Crippen LogP contribution in [0.2, 0.25) is 5.02 Å². The number of fused-ring (bicyclic) bond motifs is 1. The number of amidine groups is 1. The summed E-state index contributed by atoms with van der Waals surface area (Å²) in [6, 6.07) is 5.79. The zero-order chi connectivity index (χ0) is 18.1. The third-order valence-electron chi connectivity index (χ3n) is 4.29. The van der Waals surface area contributed by atoms with E-state index in [1.807, 2.05) is 0 Å². The van der Waals surface area contributed by atoms with Crippen molar-refractivity contribution in [1.82, 2.24) is 20.4 Å². The van der Waals surface area contributed by atoms with Crippen molar-refractivity contribution in [2.24, 2.45) is 4.99 Å². The number of aromatic nitrogens is 3. The van der Waals surface area contributed by atoms with Crippen LogP contribution in [0.1, 0.15) is 18.4 Å². The Morgan fingerprint density at radius 3 is 2.85 bits per heavy atom. The van der Waals surface area contributed by atoms with Crippen LogP contribution in [0, 0.1) is 5.82 Å². The Balaban J connectivity index is 1.77. The highest BCUT2D eigenvalue weighted by atomic mass is 35.5. The van der Waals surface area contributed by atoms with Gasteiger partial charge in [-0.15, -0.1) is 0 Å². The van der Waals surface area contributed by atoms with Crippen LogP contribution in [-0.2, 0) is 0 Å². The fourth-order valence-corrected chi connectivity index (χ4v) is 3.18. The summed E-state index contributed by atoms with van der Waals surface area (Å²) in [5.74, 6) is 0.399. The van der Waals surface area contributed by atoms with Crippen molar-refractivity contribution < 1.29 is 9.60 Å². The molecule has 0 saturated carbocycles. The first kappa shape index (κ1) is 16.7. The van der Waals surface area contributed by atoms with Crippen LogP contribution in [0.4, 0.5) is 16.0 Å². The van der Waals surface area contributed by atoms with Gasteiger partial charge in [-0.1, -0.05) is 11.6 Å². The molecule has 0 atom stereocenters. The second-order valence-electron chi connectivity index (χ2n) is 5.98. The summed E-state index contributed by atoms with van der Waals surface area (Å²) in [5.41, 5.74) is 4.28. The van der Waals surface area contributed by atoms with E-state index in [0.29, 0.717) is 22.4 Å². The first-order valence-corrected chi connectivity index (χ1v) is 8.57.